The lowest BCUT2D eigenvalue weighted by molar-refractivity contribution is -0.154. The second-order valence-corrected chi connectivity index (χ2v) is 3.25. The van der Waals surface area contributed by atoms with E-state index < -0.39 is 18.0 Å². The first-order valence-electron chi connectivity index (χ1n) is 4.72. The van der Waals surface area contributed by atoms with Gasteiger partial charge in [-0.1, -0.05) is 19.9 Å². The smallest absolute Gasteiger partial charge is 0.355 e. The molecule has 14 heavy (non-hydrogen) atoms. The van der Waals surface area contributed by atoms with Crippen molar-refractivity contribution < 1.29 is 19.1 Å². The topological polar surface area (TPSA) is 52.6 Å². The predicted octanol–water partition coefficient (Wildman–Crippen LogP) is 1.55. The minimum absolute atomic E-state index is 0.00395. The molecule has 1 heterocycles. The van der Waals surface area contributed by atoms with Gasteiger partial charge in [-0.15, -0.1) is 0 Å². The molecule has 1 saturated heterocycles. The highest BCUT2D eigenvalue weighted by atomic mass is 16.6. The molecule has 0 aromatic heterocycles. The van der Waals surface area contributed by atoms with Gasteiger partial charge in [-0.3, -0.25) is 4.79 Å². The van der Waals surface area contributed by atoms with E-state index in [4.69, 9.17) is 4.74 Å². The molecular formula is C10H14O4. The Kier molecular flexibility index (Phi) is 3.68. The summed E-state index contributed by atoms with van der Waals surface area (Å²) >= 11 is 0. The summed E-state index contributed by atoms with van der Waals surface area (Å²) in [7, 11) is 0. The maximum absolute atomic E-state index is 11.0. The Hall–Kier alpha value is -1.32. The largest absolute Gasteiger partial charge is 0.483 e. The normalized spacial score (nSPS) is 20.8. The quantitative estimate of drug-likeness (QED) is 0.382. The first kappa shape index (κ1) is 10.8. The van der Waals surface area contributed by atoms with Crippen LogP contribution in [0, 0.1) is 0 Å². The van der Waals surface area contributed by atoms with Crippen molar-refractivity contribution in [3.8, 4) is 0 Å². The van der Waals surface area contributed by atoms with Crippen molar-refractivity contribution in [3.05, 3.63) is 12.3 Å². The van der Waals surface area contributed by atoms with E-state index in [0.717, 1.165) is 12.8 Å². The molecule has 1 unspecified atom stereocenters. The molecule has 1 atom stereocenters. The maximum Gasteiger partial charge on any atom is 0.355 e. The van der Waals surface area contributed by atoms with Gasteiger partial charge in [0.2, 0.25) is 6.10 Å². The second kappa shape index (κ2) is 4.79. The summed E-state index contributed by atoms with van der Waals surface area (Å²) in [5.41, 5.74) is 0. The van der Waals surface area contributed by atoms with Crippen LogP contribution in [0.3, 0.4) is 0 Å². The van der Waals surface area contributed by atoms with Crippen LogP contribution < -0.4 is 0 Å². The first-order chi connectivity index (χ1) is 6.63. The molecule has 1 fully saturated rings. The predicted molar refractivity (Wildman–Crippen MR) is 49.3 cm³/mol. The standard InChI is InChI=1S/C10H14O4/c1-3-4-5-7(2)13-8-6-9(11)14-10(8)12/h8H,2-6H2,1H3. The van der Waals surface area contributed by atoms with E-state index in [2.05, 4.69) is 18.2 Å². The zero-order valence-corrected chi connectivity index (χ0v) is 8.25. The van der Waals surface area contributed by atoms with Gasteiger partial charge in [0.25, 0.3) is 0 Å². The van der Waals surface area contributed by atoms with Crippen LogP contribution in [0.1, 0.15) is 32.6 Å². The Morgan fingerprint density at radius 1 is 1.64 bits per heavy atom. The maximum atomic E-state index is 11.0. The van der Waals surface area contributed by atoms with E-state index in [-0.39, 0.29) is 6.42 Å². The molecule has 1 aliphatic rings. The van der Waals surface area contributed by atoms with Gasteiger partial charge < -0.3 is 9.47 Å². The summed E-state index contributed by atoms with van der Waals surface area (Å²) in [6, 6.07) is 0. The highest BCUT2D eigenvalue weighted by molar-refractivity contribution is 5.96. The van der Waals surface area contributed by atoms with Gasteiger partial charge in [0.05, 0.1) is 12.2 Å². The molecule has 4 nitrogen and oxygen atoms in total. The Morgan fingerprint density at radius 3 is 2.86 bits per heavy atom. The number of carbonyl (C=O) groups is 2. The van der Waals surface area contributed by atoms with E-state index in [1.807, 2.05) is 0 Å². The van der Waals surface area contributed by atoms with Crippen LogP contribution in [0.25, 0.3) is 0 Å². The molecule has 78 valence electrons. The van der Waals surface area contributed by atoms with Crippen molar-refractivity contribution in [2.24, 2.45) is 0 Å². The number of hydrogen-bond donors (Lipinski definition) is 0. The third-order valence-electron chi connectivity index (χ3n) is 1.95. The van der Waals surface area contributed by atoms with Crippen LogP contribution in [0.5, 0.6) is 0 Å². The summed E-state index contributed by atoms with van der Waals surface area (Å²) in [5.74, 6) is -0.584. The van der Waals surface area contributed by atoms with Crippen LogP contribution in [-0.4, -0.2) is 18.0 Å². The minimum Gasteiger partial charge on any atom is -0.483 e. The summed E-state index contributed by atoms with van der Waals surface area (Å²) in [6.45, 7) is 5.73. The molecule has 1 rings (SSSR count). The zero-order valence-electron chi connectivity index (χ0n) is 8.25. The lowest BCUT2D eigenvalue weighted by Gasteiger charge is -2.10. The molecule has 0 bridgehead atoms. The summed E-state index contributed by atoms with van der Waals surface area (Å²) in [4.78, 5) is 21.7. The van der Waals surface area contributed by atoms with Gasteiger partial charge in [0.15, 0.2) is 0 Å². The molecule has 0 aromatic rings. The van der Waals surface area contributed by atoms with Crippen molar-refractivity contribution in [1.29, 1.82) is 0 Å². The van der Waals surface area contributed by atoms with Crippen LogP contribution in [0.2, 0.25) is 0 Å². The average Bonchev–Trinajstić information content (AvgIpc) is 2.42. The molecule has 4 heteroatoms. The number of ether oxygens (including phenoxy) is 2. The minimum atomic E-state index is -0.771. The Morgan fingerprint density at radius 2 is 2.36 bits per heavy atom. The van der Waals surface area contributed by atoms with Crippen LogP contribution in [-0.2, 0) is 19.1 Å². The van der Waals surface area contributed by atoms with Gasteiger partial charge >= 0.3 is 11.9 Å². The number of hydrogen-bond acceptors (Lipinski definition) is 4. The molecule has 0 amide bonds. The fraction of sp³-hybridized carbons (Fsp3) is 0.600. The van der Waals surface area contributed by atoms with Gasteiger partial charge in [0, 0.05) is 6.42 Å². The first-order valence-corrected chi connectivity index (χ1v) is 4.72. The number of carbonyl (C=O) groups excluding carboxylic acids is 2. The van der Waals surface area contributed by atoms with Gasteiger partial charge in [0.1, 0.15) is 0 Å². The van der Waals surface area contributed by atoms with Crippen LogP contribution >= 0.6 is 0 Å². The third-order valence-corrected chi connectivity index (χ3v) is 1.95. The number of allylic oxidation sites excluding steroid dienone is 1. The highest BCUT2D eigenvalue weighted by Crippen LogP contribution is 2.17. The monoisotopic (exact) mass is 198 g/mol. The Balaban J connectivity index is 2.33. The molecule has 0 aromatic carbocycles. The number of rotatable bonds is 5. The number of unbranched alkanes of at least 4 members (excludes halogenated alkanes) is 1. The van der Waals surface area contributed by atoms with E-state index in [1.165, 1.54) is 0 Å². The van der Waals surface area contributed by atoms with Gasteiger partial charge in [-0.05, 0) is 6.42 Å². The van der Waals surface area contributed by atoms with E-state index in [9.17, 15) is 9.59 Å². The SMILES string of the molecule is C=C(CCCC)OC1CC(=O)OC1=O. The number of cyclic esters (lactones) is 2. The molecule has 0 N–H and O–H groups in total. The van der Waals surface area contributed by atoms with E-state index >= 15 is 0 Å². The fourth-order valence-corrected chi connectivity index (χ4v) is 1.18. The zero-order chi connectivity index (χ0) is 10.6. The fourth-order valence-electron chi connectivity index (χ4n) is 1.18. The third kappa shape index (κ3) is 2.87. The Labute approximate surface area is 82.9 Å². The Bertz CT molecular complexity index is 257. The van der Waals surface area contributed by atoms with Crippen LogP contribution in [0.15, 0.2) is 12.3 Å². The van der Waals surface area contributed by atoms with Crippen LogP contribution in [0.4, 0.5) is 0 Å². The van der Waals surface area contributed by atoms with E-state index in [1.54, 1.807) is 0 Å². The lowest BCUT2D eigenvalue weighted by Crippen LogP contribution is -2.17. The van der Waals surface area contributed by atoms with Crippen molar-refractivity contribution in [3.63, 3.8) is 0 Å². The van der Waals surface area contributed by atoms with Crippen molar-refractivity contribution in [2.75, 3.05) is 0 Å². The lowest BCUT2D eigenvalue weighted by atomic mass is 10.2. The molecule has 0 spiro atoms. The summed E-state index contributed by atoms with van der Waals surface area (Å²) in [6.07, 6.45) is 1.95. The molecule has 0 radical (unpaired) electrons. The molecule has 1 aliphatic heterocycles. The van der Waals surface area contributed by atoms with Crippen molar-refractivity contribution in [2.45, 2.75) is 38.7 Å². The second-order valence-electron chi connectivity index (χ2n) is 3.25. The number of esters is 2. The van der Waals surface area contributed by atoms with Crippen molar-refractivity contribution in [1.82, 2.24) is 0 Å². The molecule has 0 saturated carbocycles. The van der Waals surface area contributed by atoms with Crippen molar-refractivity contribution >= 4 is 11.9 Å². The van der Waals surface area contributed by atoms with Gasteiger partial charge in [-0.25, -0.2) is 4.79 Å². The molecular weight excluding hydrogens is 184 g/mol. The van der Waals surface area contributed by atoms with Gasteiger partial charge in [-0.2, -0.15) is 0 Å². The molecule has 0 aliphatic carbocycles. The average molecular weight is 198 g/mol. The highest BCUT2D eigenvalue weighted by Gasteiger charge is 2.35. The summed E-state index contributed by atoms with van der Waals surface area (Å²) in [5, 5.41) is 0. The summed E-state index contributed by atoms with van der Waals surface area (Å²) < 4.78 is 9.54. The van der Waals surface area contributed by atoms with E-state index in [0.29, 0.717) is 12.2 Å².